The van der Waals surface area contributed by atoms with Gasteiger partial charge in [0, 0.05) is 5.69 Å². The summed E-state index contributed by atoms with van der Waals surface area (Å²) in [6.07, 6.45) is 0. The van der Waals surface area contributed by atoms with Gasteiger partial charge in [-0.1, -0.05) is 3.89 Å². The second-order valence-corrected chi connectivity index (χ2v) is 3.72. The van der Waals surface area contributed by atoms with Gasteiger partial charge >= 0.3 is 16.2 Å². The molecule has 1 heterocycles. The van der Waals surface area contributed by atoms with Crippen molar-refractivity contribution in [1.29, 1.82) is 0 Å². The highest BCUT2D eigenvalue weighted by Gasteiger charge is 2.28. The first-order chi connectivity index (χ1) is 6.38. The van der Waals surface area contributed by atoms with Crippen molar-refractivity contribution in [3.63, 3.8) is 0 Å². The highest BCUT2D eigenvalue weighted by molar-refractivity contribution is 7.86. The summed E-state index contributed by atoms with van der Waals surface area (Å²) >= 11 is 0. The number of hydrogen-bond donors (Lipinski definition) is 1. The first-order valence-corrected chi connectivity index (χ1v) is 4.84. The molecule has 0 aliphatic rings. The highest BCUT2D eigenvalue weighted by atomic mass is 32.3. The number of aryl methyl sites for hydroxylation is 1. The van der Waals surface area contributed by atoms with Crippen LogP contribution in [0.3, 0.4) is 0 Å². The van der Waals surface area contributed by atoms with E-state index in [4.69, 9.17) is 0 Å². The van der Waals surface area contributed by atoms with Crippen molar-refractivity contribution < 1.29 is 21.8 Å². The lowest BCUT2D eigenvalue weighted by Gasteiger charge is -1.97. The normalized spacial score (nSPS) is 11.4. The monoisotopic (exact) mass is 222 g/mol. The highest BCUT2D eigenvalue weighted by Crippen LogP contribution is 2.18. The number of carbonyl (C=O) groups is 1. The SMILES string of the molecule is COC(=O)c1c(S(=O)(=O)F)n[nH]c1C. The van der Waals surface area contributed by atoms with Crippen LogP contribution in [0.15, 0.2) is 5.03 Å². The van der Waals surface area contributed by atoms with Crippen LogP contribution in [0, 0.1) is 6.92 Å². The minimum Gasteiger partial charge on any atom is -0.465 e. The zero-order valence-electron chi connectivity index (χ0n) is 7.37. The van der Waals surface area contributed by atoms with Crippen LogP contribution in [0.4, 0.5) is 3.89 Å². The van der Waals surface area contributed by atoms with Gasteiger partial charge < -0.3 is 4.74 Å². The fraction of sp³-hybridized carbons (Fsp3) is 0.333. The van der Waals surface area contributed by atoms with E-state index in [1.54, 1.807) is 0 Å². The van der Waals surface area contributed by atoms with Gasteiger partial charge in [-0.2, -0.15) is 13.5 Å². The summed E-state index contributed by atoms with van der Waals surface area (Å²) in [7, 11) is -3.95. The molecule has 0 aliphatic carbocycles. The van der Waals surface area contributed by atoms with Gasteiger partial charge in [0.25, 0.3) is 0 Å². The lowest BCUT2D eigenvalue weighted by atomic mass is 10.3. The number of methoxy groups -OCH3 is 1. The molecule has 8 heteroatoms. The van der Waals surface area contributed by atoms with Crippen molar-refractivity contribution in [2.75, 3.05) is 7.11 Å². The molecular weight excluding hydrogens is 215 g/mol. The lowest BCUT2D eigenvalue weighted by Crippen LogP contribution is -2.07. The van der Waals surface area contributed by atoms with Gasteiger partial charge in [0.2, 0.25) is 5.03 Å². The van der Waals surface area contributed by atoms with Crippen LogP contribution >= 0.6 is 0 Å². The maximum Gasteiger partial charge on any atom is 0.352 e. The summed E-state index contributed by atoms with van der Waals surface area (Å²) < 4.78 is 37.9. The topological polar surface area (TPSA) is 89.1 Å². The van der Waals surface area contributed by atoms with E-state index in [0.717, 1.165) is 7.11 Å². The molecular formula is C6H7FN2O4S. The molecule has 0 aromatic carbocycles. The molecule has 0 spiro atoms. The number of aromatic amines is 1. The quantitative estimate of drug-likeness (QED) is 0.568. The Morgan fingerprint density at radius 2 is 2.14 bits per heavy atom. The van der Waals surface area contributed by atoms with E-state index in [1.165, 1.54) is 6.92 Å². The average Bonchev–Trinajstić information content (AvgIpc) is 2.45. The number of halogens is 1. The number of nitrogens with zero attached hydrogens (tertiary/aromatic N) is 1. The van der Waals surface area contributed by atoms with Gasteiger partial charge in [-0.05, 0) is 6.92 Å². The van der Waals surface area contributed by atoms with Crippen molar-refractivity contribution >= 4 is 16.2 Å². The van der Waals surface area contributed by atoms with Gasteiger partial charge in [-0.25, -0.2) is 4.79 Å². The van der Waals surface area contributed by atoms with Gasteiger partial charge in [-0.3, -0.25) is 5.10 Å². The first kappa shape index (κ1) is 10.6. The third-order valence-corrected chi connectivity index (χ3v) is 2.29. The van der Waals surface area contributed by atoms with Crippen molar-refractivity contribution in [3.8, 4) is 0 Å². The van der Waals surface area contributed by atoms with Crippen LogP contribution in [-0.4, -0.2) is 31.7 Å². The van der Waals surface area contributed by atoms with Crippen molar-refractivity contribution in [2.45, 2.75) is 11.9 Å². The van der Waals surface area contributed by atoms with E-state index in [-0.39, 0.29) is 5.69 Å². The zero-order valence-corrected chi connectivity index (χ0v) is 8.18. The van der Waals surface area contributed by atoms with E-state index >= 15 is 0 Å². The molecule has 0 fully saturated rings. The fourth-order valence-electron chi connectivity index (χ4n) is 0.926. The van der Waals surface area contributed by atoms with Crippen LogP contribution in [0.25, 0.3) is 0 Å². The Labute approximate surface area is 79.3 Å². The molecule has 0 saturated carbocycles. The number of ether oxygens (including phenoxy) is 1. The number of hydrogen-bond acceptors (Lipinski definition) is 5. The van der Waals surface area contributed by atoms with Crippen LogP contribution in [0.5, 0.6) is 0 Å². The van der Waals surface area contributed by atoms with Crippen LogP contribution in [-0.2, 0) is 15.0 Å². The summed E-state index contributed by atoms with van der Waals surface area (Å²) in [6.45, 7) is 1.38. The third-order valence-electron chi connectivity index (χ3n) is 1.53. The number of H-pyrrole nitrogens is 1. The van der Waals surface area contributed by atoms with E-state index in [9.17, 15) is 17.1 Å². The van der Waals surface area contributed by atoms with Crippen molar-refractivity contribution in [1.82, 2.24) is 10.2 Å². The molecule has 0 atom stereocenters. The minimum atomic E-state index is -5.01. The predicted octanol–water partition coefficient (Wildman–Crippen LogP) is 0.163. The Hall–Kier alpha value is -1.44. The zero-order chi connectivity index (χ0) is 10.9. The molecule has 0 unspecified atom stereocenters. The minimum absolute atomic E-state index is 0.132. The Balaban J connectivity index is 3.42. The Kier molecular flexibility index (Phi) is 2.56. The fourth-order valence-corrected chi connectivity index (χ4v) is 1.56. The molecule has 0 aliphatic heterocycles. The smallest absolute Gasteiger partial charge is 0.352 e. The summed E-state index contributed by atoms with van der Waals surface area (Å²) in [5, 5.41) is 4.41. The Morgan fingerprint density at radius 3 is 2.57 bits per heavy atom. The van der Waals surface area contributed by atoms with Gasteiger partial charge in [0.15, 0.2) is 0 Å². The van der Waals surface area contributed by atoms with Crippen molar-refractivity contribution in [2.24, 2.45) is 0 Å². The summed E-state index contributed by atoms with van der Waals surface area (Å²) in [5.74, 6) is -0.951. The van der Waals surface area contributed by atoms with E-state index in [2.05, 4.69) is 14.9 Å². The van der Waals surface area contributed by atoms with Crippen LogP contribution in [0.2, 0.25) is 0 Å². The lowest BCUT2D eigenvalue weighted by molar-refractivity contribution is 0.0595. The molecule has 1 N–H and O–H groups in total. The molecule has 1 aromatic rings. The maximum absolute atomic E-state index is 12.6. The molecule has 0 amide bonds. The molecule has 1 rings (SSSR count). The summed E-state index contributed by atoms with van der Waals surface area (Å²) in [5.41, 5.74) is -0.275. The molecule has 1 aromatic heterocycles. The number of nitrogens with one attached hydrogen (secondary N) is 1. The van der Waals surface area contributed by atoms with Gasteiger partial charge in [0.1, 0.15) is 5.56 Å². The molecule has 6 nitrogen and oxygen atoms in total. The van der Waals surface area contributed by atoms with E-state index < -0.39 is 26.8 Å². The molecule has 14 heavy (non-hydrogen) atoms. The first-order valence-electron chi connectivity index (χ1n) is 3.46. The Morgan fingerprint density at radius 1 is 1.57 bits per heavy atom. The van der Waals surface area contributed by atoms with Crippen LogP contribution in [0.1, 0.15) is 16.1 Å². The third kappa shape index (κ3) is 1.74. The maximum atomic E-state index is 12.6. The molecule has 0 saturated heterocycles. The van der Waals surface area contributed by atoms with Crippen molar-refractivity contribution in [3.05, 3.63) is 11.3 Å². The second kappa shape index (κ2) is 3.37. The largest absolute Gasteiger partial charge is 0.465 e. The standard InChI is InChI=1S/C6H7FN2O4S/c1-3-4(6(10)13-2)5(9-8-3)14(7,11)12/h1-2H3,(H,8,9). The Bertz CT molecular complexity index is 464. The number of esters is 1. The number of aromatic nitrogens is 2. The molecule has 0 bridgehead atoms. The summed E-state index contributed by atoms with van der Waals surface area (Å²) in [6, 6.07) is 0. The average molecular weight is 222 g/mol. The predicted molar refractivity (Wildman–Crippen MR) is 43.0 cm³/mol. The van der Waals surface area contributed by atoms with Crippen LogP contribution < -0.4 is 0 Å². The molecule has 0 radical (unpaired) electrons. The second-order valence-electron chi connectivity index (χ2n) is 2.46. The van der Waals surface area contributed by atoms with E-state index in [0.29, 0.717) is 0 Å². The summed E-state index contributed by atoms with van der Waals surface area (Å²) in [4.78, 5) is 11.0. The number of carbonyl (C=O) groups excluding carboxylic acids is 1. The molecule has 78 valence electrons. The van der Waals surface area contributed by atoms with Gasteiger partial charge in [0.05, 0.1) is 7.11 Å². The van der Waals surface area contributed by atoms with Gasteiger partial charge in [-0.15, -0.1) is 0 Å². The van der Waals surface area contributed by atoms with E-state index in [1.807, 2.05) is 0 Å². The number of rotatable bonds is 2.